The van der Waals surface area contributed by atoms with Crippen molar-refractivity contribution in [3.63, 3.8) is 0 Å². The summed E-state index contributed by atoms with van der Waals surface area (Å²) >= 11 is 0. The second-order valence-corrected chi connectivity index (χ2v) is 7.37. The molecule has 0 aliphatic rings. The molecule has 34 heavy (non-hydrogen) atoms. The minimum absolute atomic E-state index is 0.176. The number of carbonyl (C=O) groups excluding carboxylic acids is 1. The van der Waals surface area contributed by atoms with E-state index in [4.69, 9.17) is 10.5 Å². The lowest BCUT2D eigenvalue weighted by atomic mass is 10.0. The van der Waals surface area contributed by atoms with E-state index in [0.717, 1.165) is 0 Å². The molecule has 0 fully saturated rings. The highest BCUT2D eigenvalue weighted by Gasteiger charge is 2.18. The maximum absolute atomic E-state index is 13.1. The van der Waals surface area contributed by atoms with Crippen LogP contribution in [0.4, 0.5) is 15.9 Å². The Balaban J connectivity index is 1.69. The zero-order chi connectivity index (χ0) is 24.1. The fourth-order valence-electron chi connectivity index (χ4n) is 3.35. The first-order valence-electron chi connectivity index (χ1n) is 10.3. The number of hydrogen-bond acceptors (Lipinski definition) is 5. The zero-order valence-electron chi connectivity index (χ0n) is 17.9. The lowest BCUT2D eigenvalue weighted by Crippen LogP contribution is -2.31. The number of nitrogens with zero attached hydrogens (tertiary/aromatic N) is 2. The quantitative estimate of drug-likeness (QED) is 0.386. The van der Waals surface area contributed by atoms with E-state index in [9.17, 15) is 19.1 Å². The molecule has 1 heterocycles. The molecule has 0 aliphatic heterocycles. The van der Waals surface area contributed by atoms with E-state index >= 15 is 0 Å². The molecule has 0 saturated carbocycles. The topological polar surface area (TPSA) is 106 Å². The van der Waals surface area contributed by atoms with Gasteiger partial charge in [-0.3, -0.25) is 4.79 Å². The maximum atomic E-state index is 13.1. The Morgan fingerprint density at radius 3 is 2.09 bits per heavy atom. The predicted octanol–water partition coefficient (Wildman–Crippen LogP) is 5.00. The number of ether oxygens (including phenoxy) is 1. The number of hydrogen-bond donors (Lipinski definition) is 2. The summed E-state index contributed by atoms with van der Waals surface area (Å²) in [5.74, 6) is -0.860. The van der Waals surface area contributed by atoms with Crippen LogP contribution in [0.25, 0.3) is 11.1 Å². The van der Waals surface area contributed by atoms with E-state index in [1.165, 1.54) is 30.3 Å². The minimum atomic E-state index is -1.20. The number of pyridine rings is 1. The molecule has 1 amide bonds. The van der Waals surface area contributed by atoms with Gasteiger partial charge in [0, 0.05) is 5.69 Å². The molecule has 7 nitrogen and oxygen atoms in total. The van der Waals surface area contributed by atoms with Crippen molar-refractivity contribution in [3.05, 3.63) is 103 Å². The highest BCUT2D eigenvalue weighted by atomic mass is 19.1. The zero-order valence-corrected chi connectivity index (χ0v) is 17.9. The lowest BCUT2D eigenvalue weighted by Gasteiger charge is -2.23. The van der Waals surface area contributed by atoms with Crippen molar-refractivity contribution in [1.29, 1.82) is 0 Å². The van der Waals surface area contributed by atoms with Crippen molar-refractivity contribution in [1.82, 2.24) is 4.98 Å². The first-order valence-corrected chi connectivity index (χ1v) is 10.3. The molecule has 0 unspecified atom stereocenters. The summed E-state index contributed by atoms with van der Waals surface area (Å²) in [6.07, 6.45) is 0. The normalized spacial score (nSPS) is 10.5. The first kappa shape index (κ1) is 22.5. The van der Waals surface area contributed by atoms with Gasteiger partial charge in [-0.1, -0.05) is 30.3 Å². The molecule has 8 heteroatoms. The van der Waals surface area contributed by atoms with E-state index in [1.807, 2.05) is 6.07 Å². The van der Waals surface area contributed by atoms with Gasteiger partial charge in [-0.25, -0.2) is 14.2 Å². The molecule has 0 atom stereocenters. The van der Waals surface area contributed by atoms with Crippen molar-refractivity contribution in [2.24, 2.45) is 5.73 Å². The van der Waals surface area contributed by atoms with Crippen LogP contribution in [0.15, 0.2) is 91.0 Å². The summed E-state index contributed by atoms with van der Waals surface area (Å²) in [6.45, 7) is -0.177. The molecule has 4 rings (SSSR count). The second kappa shape index (κ2) is 9.83. The Hall–Kier alpha value is -4.72. The van der Waals surface area contributed by atoms with Gasteiger partial charge in [0.05, 0.1) is 0 Å². The third-order valence-corrected chi connectivity index (χ3v) is 4.93. The van der Waals surface area contributed by atoms with E-state index in [-0.39, 0.29) is 23.9 Å². The molecule has 4 aromatic rings. The number of aromatic nitrogens is 1. The molecule has 170 valence electrons. The first-order chi connectivity index (χ1) is 16.4. The third kappa shape index (κ3) is 5.36. The standard InChI is InChI=1S/C26H20FN3O4/c27-19-8-12-22(13-9-19)34-21-10-6-17(7-11-21)18-14-23(26(32)33)29-25(15-18)30(16-24(28)31)20-4-2-1-3-5-20/h1-15H,16H2,(H2,28,31)(H,32,33). The largest absolute Gasteiger partial charge is 0.477 e. The number of anilines is 2. The molecule has 0 aliphatic carbocycles. The number of para-hydroxylation sites is 1. The van der Waals surface area contributed by atoms with Gasteiger partial charge in [0.1, 0.15) is 29.7 Å². The van der Waals surface area contributed by atoms with Crippen LogP contribution in [-0.2, 0) is 4.79 Å². The average Bonchev–Trinajstić information content (AvgIpc) is 2.84. The van der Waals surface area contributed by atoms with Gasteiger partial charge in [0.15, 0.2) is 5.69 Å². The van der Waals surface area contributed by atoms with Crippen LogP contribution in [0, 0.1) is 5.82 Å². The van der Waals surface area contributed by atoms with Gasteiger partial charge in [-0.05, 0) is 71.8 Å². The summed E-state index contributed by atoms with van der Waals surface area (Å²) in [4.78, 5) is 29.3. The fraction of sp³-hybridized carbons (Fsp3) is 0.0385. The van der Waals surface area contributed by atoms with E-state index < -0.39 is 11.9 Å². The van der Waals surface area contributed by atoms with Crippen molar-refractivity contribution in [2.75, 3.05) is 11.4 Å². The molecule has 1 aromatic heterocycles. The third-order valence-electron chi connectivity index (χ3n) is 4.93. The Morgan fingerprint density at radius 1 is 0.882 bits per heavy atom. The van der Waals surface area contributed by atoms with Crippen LogP contribution >= 0.6 is 0 Å². The number of rotatable bonds is 8. The minimum Gasteiger partial charge on any atom is -0.477 e. The molecular formula is C26H20FN3O4. The molecule has 0 saturated heterocycles. The Labute approximate surface area is 194 Å². The van der Waals surface area contributed by atoms with Gasteiger partial charge in [-0.15, -0.1) is 0 Å². The monoisotopic (exact) mass is 457 g/mol. The number of carboxylic acids is 1. The van der Waals surface area contributed by atoms with Crippen molar-refractivity contribution >= 4 is 23.4 Å². The van der Waals surface area contributed by atoms with E-state index in [1.54, 1.807) is 59.5 Å². The molecule has 0 spiro atoms. The average molecular weight is 457 g/mol. The van der Waals surface area contributed by atoms with Crippen molar-refractivity contribution in [3.8, 4) is 22.6 Å². The number of halogens is 1. The molecule has 3 aromatic carbocycles. The Bertz CT molecular complexity index is 1310. The summed E-state index contributed by atoms with van der Waals surface area (Å²) in [5.41, 5.74) is 7.21. The Morgan fingerprint density at radius 2 is 1.50 bits per heavy atom. The fourth-order valence-corrected chi connectivity index (χ4v) is 3.35. The number of amides is 1. The van der Waals surface area contributed by atoms with Crippen molar-refractivity contribution in [2.45, 2.75) is 0 Å². The van der Waals surface area contributed by atoms with Crippen LogP contribution < -0.4 is 15.4 Å². The van der Waals surface area contributed by atoms with Crippen LogP contribution in [0.2, 0.25) is 0 Å². The van der Waals surface area contributed by atoms with Crippen LogP contribution in [0.5, 0.6) is 11.5 Å². The van der Waals surface area contributed by atoms with E-state index in [0.29, 0.717) is 28.3 Å². The molecule has 0 bridgehead atoms. The summed E-state index contributed by atoms with van der Waals surface area (Å²) in [6, 6.07) is 24.8. The number of primary amides is 1. The Kier molecular flexibility index (Phi) is 6.49. The summed E-state index contributed by atoms with van der Waals surface area (Å²) < 4.78 is 18.8. The number of benzene rings is 3. The highest BCUT2D eigenvalue weighted by molar-refractivity contribution is 5.89. The molecule has 3 N–H and O–H groups in total. The van der Waals surface area contributed by atoms with Crippen LogP contribution in [-0.4, -0.2) is 28.5 Å². The van der Waals surface area contributed by atoms with Crippen LogP contribution in [0.3, 0.4) is 0 Å². The number of nitrogens with two attached hydrogens (primary N) is 1. The number of carbonyl (C=O) groups is 2. The summed E-state index contributed by atoms with van der Waals surface area (Å²) in [5, 5.41) is 9.62. The highest BCUT2D eigenvalue weighted by Crippen LogP contribution is 2.31. The number of aromatic carboxylic acids is 1. The number of carboxylic acid groups (broad SMARTS) is 1. The van der Waals surface area contributed by atoms with Gasteiger partial charge in [-0.2, -0.15) is 0 Å². The van der Waals surface area contributed by atoms with Crippen molar-refractivity contribution < 1.29 is 23.8 Å². The molecular weight excluding hydrogens is 437 g/mol. The van der Waals surface area contributed by atoms with Gasteiger partial charge < -0.3 is 20.5 Å². The van der Waals surface area contributed by atoms with Crippen LogP contribution in [0.1, 0.15) is 10.5 Å². The lowest BCUT2D eigenvalue weighted by molar-refractivity contribution is -0.116. The van der Waals surface area contributed by atoms with E-state index in [2.05, 4.69) is 4.98 Å². The SMILES string of the molecule is NC(=O)CN(c1ccccc1)c1cc(-c2ccc(Oc3ccc(F)cc3)cc2)cc(C(=O)O)n1. The van der Waals surface area contributed by atoms with Gasteiger partial charge in [0.25, 0.3) is 0 Å². The van der Waals surface area contributed by atoms with Gasteiger partial charge in [0.2, 0.25) is 5.91 Å². The van der Waals surface area contributed by atoms with Gasteiger partial charge >= 0.3 is 5.97 Å². The summed E-state index contributed by atoms with van der Waals surface area (Å²) in [7, 11) is 0. The second-order valence-electron chi connectivity index (χ2n) is 7.37. The maximum Gasteiger partial charge on any atom is 0.354 e. The smallest absolute Gasteiger partial charge is 0.354 e. The molecule has 0 radical (unpaired) electrons. The predicted molar refractivity (Wildman–Crippen MR) is 126 cm³/mol.